The van der Waals surface area contributed by atoms with Crippen molar-refractivity contribution < 1.29 is 31.1 Å². The van der Waals surface area contributed by atoms with Crippen molar-refractivity contribution in [3.8, 4) is 5.88 Å². The van der Waals surface area contributed by atoms with Crippen molar-refractivity contribution in [3.63, 3.8) is 0 Å². The Morgan fingerprint density at radius 3 is 2.21 bits per heavy atom. The third-order valence-corrected chi connectivity index (χ3v) is 3.86. The molecule has 0 N–H and O–H groups in total. The zero-order valence-corrected chi connectivity index (χ0v) is 15.2. The fraction of sp³-hybridized carbons (Fsp3) is 0.444. The molecule has 0 fully saturated rings. The van der Waals surface area contributed by atoms with Crippen molar-refractivity contribution in [1.82, 2.24) is 9.97 Å². The van der Waals surface area contributed by atoms with E-state index >= 15 is 0 Å². The molecule has 4 nitrogen and oxygen atoms in total. The summed E-state index contributed by atoms with van der Waals surface area (Å²) >= 11 is 0. The predicted molar refractivity (Wildman–Crippen MR) is 91.7 cm³/mol. The predicted octanol–water partition coefficient (Wildman–Crippen LogP) is 5.55. The Balaban J connectivity index is 2.29. The Hall–Kier alpha value is -2.52. The third kappa shape index (κ3) is 6.00. The van der Waals surface area contributed by atoms with Gasteiger partial charge in [-0.05, 0) is 30.5 Å². The first kappa shape index (κ1) is 21.8. The van der Waals surface area contributed by atoms with Gasteiger partial charge in [-0.25, -0.2) is 4.98 Å². The molecule has 154 valence electrons. The van der Waals surface area contributed by atoms with Crippen LogP contribution in [0.4, 0.5) is 38.0 Å². The smallest absolute Gasteiger partial charge is 0.423 e. The molecule has 1 heterocycles. The molecule has 1 aromatic heterocycles. The van der Waals surface area contributed by atoms with Gasteiger partial charge in [-0.1, -0.05) is 25.5 Å². The van der Waals surface area contributed by atoms with Gasteiger partial charge in [0.25, 0.3) is 0 Å². The van der Waals surface area contributed by atoms with Gasteiger partial charge in [-0.2, -0.15) is 31.3 Å². The maximum absolute atomic E-state index is 13.0. The number of hydrogen-bond acceptors (Lipinski definition) is 4. The lowest BCUT2D eigenvalue weighted by Crippen LogP contribution is -2.23. The van der Waals surface area contributed by atoms with Crippen molar-refractivity contribution in [2.24, 2.45) is 0 Å². The second-order valence-electron chi connectivity index (χ2n) is 6.12. The minimum atomic E-state index is -4.95. The van der Waals surface area contributed by atoms with Gasteiger partial charge in [0.2, 0.25) is 11.8 Å². The highest BCUT2D eigenvalue weighted by molar-refractivity contribution is 5.57. The maximum Gasteiger partial charge on any atom is 0.423 e. The SMILES string of the molecule is CCCCc1ccc(N(C)c2ncc(C(F)(F)F)c(OCC(F)(F)F)n2)cc1. The summed E-state index contributed by atoms with van der Waals surface area (Å²) in [6, 6.07) is 7.21. The highest BCUT2D eigenvalue weighted by atomic mass is 19.4. The van der Waals surface area contributed by atoms with Crippen LogP contribution in [0, 0.1) is 0 Å². The van der Waals surface area contributed by atoms with Crippen LogP contribution in [0.2, 0.25) is 0 Å². The van der Waals surface area contributed by atoms with E-state index in [0.29, 0.717) is 11.9 Å². The zero-order chi connectivity index (χ0) is 20.9. The van der Waals surface area contributed by atoms with Crippen LogP contribution in [-0.4, -0.2) is 29.8 Å². The Kier molecular flexibility index (Phi) is 6.73. The lowest BCUT2D eigenvalue weighted by molar-refractivity contribution is -0.159. The van der Waals surface area contributed by atoms with Crippen LogP contribution in [0.3, 0.4) is 0 Å². The molecule has 0 bridgehead atoms. The Morgan fingerprint density at radius 2 is 1.68 bits per heavy atom. The van der Waals surface area contributed by atoms with E-state index in [2.05, 4.69) is 21.6 Å². The van der Waals surface area contributed by atoms with Gasteiger partial charge in [0.15, 0.2) is 6.61 Å². The van der Waals surface area contributed by atoms with Crippen LogP contribution < -0.4 is 9.64 Å². The summed E-state index contributed by atoms with van der Waals surface area (Å²) in [5.41, 5.74) is 0.201. The van der Waals surface area contributed by atoms with E-state index in [1.807, 2.05) is 12.1 Å². The standard InChI is InChI=1S/C18H19F6N3O/c1-3-4-5-12-6-8-13(9-7-12)27(2)16-25-10-14(18(22,23)24)15(26-16)28-11-17(19,20)21/h6-10H,3-5,11H2,1-2H3. The van der Waals surface area contributed by atoms with Gasteiger partial charge in [0, 0.05) is 18.9 Å². The fourth-order valence-electron chi connectivity index (χ4n) is 2.36. The highest BCUT2D eigenvalue weighted by Gasteiger charge is 2.38. The van der Waals surface area contributed by atoms with Crippen molar-refractivity contribution in [2.75, 3.05) is 18.6 Å². The van der Waals surface area contributed by atoms with Crippen LogP contribution in [0.25, 0.3) is 0 Å². The van der Waals surface area contributed by atoms with E-state index < -0.39 is 30.4 Å². The summed E-state index contributed by atoms with van der Waals surface area (Å²) in [7, 11) is 1.50. The second-order valence-corrected chi connectivity index (χ2v) is 6.12. The van der Waals surface area contributed by atoms with Gasteiger partial charge < -0.3 is 9.64 Å². The quantitative estimate of drug-likeness (QED) is 0.565. The van der Waals surface area contributed by atoms with Gasteiger partial charge in [-0.3, -0.25) is 0 Å². The normalized spacial score (nSPS) is 12.1. The number of aromatic nitrogens is 2. The second kappa shape index (κ2) is 8.66. The van der Waals surface area contributed by atoms with E-state index in [-0.39, 0.29) is 5.95 Å². The van der Waals surface area contributed by atoms with E-state index in [1.54, 1.807) is 12.1 Å². The molecular formula is C18H19F6N3O. The van der Waals surface area contributed by atoms with Crippen molar-refractivity contribution >= 4 is 11.6 Å². The minimum absolute atomic E-state index is 0.216. The molecule has 1 aromatic carbocycles. The van der Waals surface area contributed by atoms with E-state index in [4.69, 9.17) is 0 Å². The van der Waals surface area contributed by atoms with Crippen LogP contribution in [-0.2, 0) is 12.6 Å². The molecule has 0 radical (unpaired) electrons. The first-order chi connectivity index (χ1) is 13.0. The average molecular weight is 407 g/mol. The highest BCUT2D eigenvalue weighted by Crippen LogP contribution is 2.36. The molecule has 2 rings (SSSR count). The fourth-order valence-corrected chi connectivity index (χ4v) is 2.36. The van der Waals surface area contributed by atoms with E-state index in [9.17, 15) is 26.3 Å². The monoisotopic (exact) mass is 407 g/mol. The topological polar surface area (TPSA) is 38.2 Å². The molecule has 28 heavy (non-hydrogen) atoms. The van der Waals surface area contributed by atoms with Crippen molar-refractivity contribution in [2.45, 2.75) is 38.5 Å². The number of halogens is 6. The van der Waals surface area contributed by atoms with Gasteiger partial charge in [-0.15, -0.1) is 0 Å². The Bertz CT molecular complexity index is 774. The van der Waals surface area contributed by atoms with Gasteiger partial charge in [0.05, 0.1) is 0 Å². The van der Waals surface area contributed by atoms with Gasteiger partial charge in [0.1, 0.15) is 5.56 Å². The molecule has 0 aliphatic carbocycles. The third-order valence-electron chi connectivity index (χ3n) is 3.86. The number of aryl methyl sites for hydroxylation is 1. The summed E-state index contributed by atoms with van der Waals surface area (Å²) in [4.78, 5) is 8.56. The molecule has 0 spiro atoms. The summed E-state index contributed by atoms with van der Waals surface area (Å²) in [5.74, 6) is -1.38. The Morgan fingerprint density at radius 1 is 1.04 bits per heavy atom. The molecule has 0 aliphatic rings. The molecular weight excluding hydrogens is 388 g/mol. The molecule has 0 saturated carbocycles. The molecule has 0 atom stereocenters. The number of anilines is 2. The van der Waals surface area contributed by atoms with Gasteiger partial charge >= 0.3 is 12.4 Å². The van der Waals surface area contributed by atoms with Crippen LogP contribution in [0.15, 0.2) is 30.5 Å². The maximum atomic E-state index is 13.0. The van der Waals surface area contributed by atoms with E-state index in [1.165, 1.54) is 11.9 Å². The first-order valence-electron chi connectivity index (χ1n) is 8.47. The van der Waals surface area contributed by atoms with Crippen LogP contribution >= 0.6 is 0 Å². The minimum Gasteiger partial charge on any atom is -0.467 e. The van der Waals surface area contributed by atoms with Crippen LogP contribution in [0.1, 0.15) is 30.9 Å². The molecule has 10 heteroatoms. The average Bonchev–Trinajstić information content (AvgIpc) is 2.63. The lowest BCUT2D eigenvalue weighted by atomic mass is 10.1. The largest absolute Gasteiger partial charge is 0.467 e. The number of ether oxygens (including phenoxy) is 1. The van der Waals surface area contributed by atoms with Crippen LogP contribution in [0.5, 0.6) is 5.88 Å². The summed E-state index contributed by atoms with van der Waals surface area (Å²) in [6.45, 7) is 0.185. The summed E-state index contributed by atoms with van der Waals surface area (Å²) < 4.78 is 80.4. The van der Waals surface area contributed by atoms with Crippen molar-refractivity contribution in [3.05, 3.63) is 41.6 Å². The molecule has 0 unspecified atom stereocenters. The lowest BCUT2D eigenvalue weighted by Gasteiger charge is -2.20. The number of alkyl halides is 6. The molecule has 0 aliphatic heterocycles. The summed E-state index contributed by atoms with van der Waals surface area (Å²) in [6.07, 6.45) is -6.36. The number of benzene rings is 1. The molecule has 0 saturated heterocycles. The first-order valence-corrected chi connectivity index (χ1v) is 8.47. The number of rotatable bonds is 7. The van der Waals surface area contributed by atoms with Crippen molar-refractivity contribution in [1.29, 1.82) is 0 Å². The number of nitrogens with zero attached hydrogens (tertiary/aromatic N) is 3. The van der Waals surface area contributed by atoms with E-state index in [0.717, 1.165) is 24.8 Å². The zero-order valence-electron chi connectivity index (χ0n) is 15.2. The molecule has 0 amide bonds. The number of hydrogen-bond donors (Lipinski definition) is 0. The summed E-state index contributed by atoms with van der Waals surface area (Å²) in [5, 5.41) is 0. The molecule has 2 aromatic rings. The Labute approximate surface area is 158 Å². The number of unbranched alkanes of at least 4 members (excludes halogenated alkanes) is 1.